The molecule has 6 nitrogen and oxygen atoms in total. The number of aliphatic hydroxyl groups excluding tert-OH is 2. The molecule has 0 aromatic heterocycles. The van der Waals surface area contributed by atoms with Gasteiger partial charge in [0.25, 0.3) is 0 Å². The number of hydrogen-bond donors (Lipinski definition) is 2. The Kier molecular flexibility index (Phi) is 12.2. The standard InChI is InChI=1S/C53H48O6/c1-3-46(56-32-30-54)50(42-16-8-4-12-36(42)2)52-44-18-10-6-14-40(44)25-28-48(52)58-34-37-20-22-38(23-21-37)35-59-49-29-26-41-15-7-11-19-45(41)53(49)51-43-17-9-5-13-39(43)24-27-47(51)57-33-31-55/h4-29,54-55H,3,30-35H2,1-2H3/b50-46-. The van der Waals surface area contributed by atoms with Gasteiger partial charge in [-0.2, -0.15) is 0 Å². The molecule has 0 aliphatic rings. The highest BCUT2D eigenvalue weighted by Crippen LogP contribution is 2.46. The Morgan fingerprint density at radius 2 is 0.949 bits per heavy atom. The van der Waals surface area contributed by atoms with Crippen LogP contribution in [0.4, 0.5) is 0 Å². The van der Waals surface area contributed by atoms with E-state index < -0.39 is 0 Å². The first kappa shape index (κ1) is 39.2. The molecule has 2 N–H and O–H groups in total. The summed E-state index contributed by atoms with van der Waals surface area (Å²) < 4.78 is 25.8. The first-order chi connectivity index (χ1) is 29.1. The maximum Gasteiger partial charge on any atom is 0.128 e. The molecule has 0 aliphatic heterocycles. The minimum atomic E-state index is -0.0821. The number of aliphatic hydroxyl groups is 2. The summed E-state index contributed by atoms with van der Waals surface area (Å²) in [6.07, 6.45) is 0.650. The first-order valence-corrected chi connectivity index (χ1v) is 20.2. The van der Waals surface area contributed by atoms with E-state index >= 15 is 0 Å². The summed E-state index contributed by atoms with van der Waals surface area (Å²) >= 11 is 0. The van der Waals surface area contributed by atoms with Crippen LogP contribution in [0.25, 0.3) is 49.0 Å². The van der Waals surface area contributed by atoms with E-state index in [-0.39, 0.29) is 26.4 Å². The van der Waals surface area contributed by atoms with Gasteiger partial charge in [0.2, 0.25) is 0 Å². The zero-order chi connectivity index (χ0) is 40.6. The van der Waals surface area contributed by atoms with Crippen molar-refractivity contribution in [1.29, 1.82) is 0 Å². The number of allylic oxidation sites excluding steroid dienone is 1. The van der Waals surface area contributed by atoms with Gasteiger partial charge in [-0.15, -0.1) is 0 Å². The third-order valence-electron chi connectivity index (χ3n) is 10.7. The monoisotopic (exact) mass is 780 g/mol. The largest absolute Gasteiger partial charge is 0.495 e. The van der Waals surface area contributed by atoms with Crippen LogP contribution in [0.3, 0.4) is 0 Å². The van der Waals surface area contributed by atoms with Gasteiger partial charge in [-0.3, -0.25) is 0 Å². The second kappa shape index (κ2) is 18.3. The van der Waals surface area contributed by atoms with Gasteiger partial charge in [0.15, 0.2) is 0 Å². The summed E-state index contributed by atoms with van der Waals surface area (Å²) in [6, 6.07) is 54.0. The zero-order valence-corrected chi connectivity index (χ0v) is 33.5. The lowest BCUT2D eigenvalue weighted by Gasteiger charge is -2.22. The molecule has 0 amide bonds. The van der Waals surface area contributed by atoms with Gasteiger partial charge in [0, 0.05) is 28.7 Å². The number of fused-ring (bicyclic) bond motifs is 3. The highest BCUT2D eigenvalue weighted by molar-refractivity contribution is 6.10. The minimum Gasteiger partial charge on any atom is -0.495 e. The molecular formula is C53H48O6. The van der Waals surface area contributed by atoms with E-state index in [0.29, 0.717) is 25.4 Å². The molecule has 0 radical (unpaired) electrons. The number of aryl methyl sites for hydroxylation is 1. The van der Waals surface area contributed by atoms with E-state index in [1.165, 1.54) is 0 Å². The van der Waals surface area contributed by atoms with Gasteiger partial charge in [0.05, 0.1) is 13.2 Å². The summed E-state index contributed by atoms with van der Waals surface area (Å²) in [5.41, 5.74) is 8.08. The van der Waals surface area contributed by atoms with Gasteiger partial charge >= 0.3 is 0 Å². The summed E-state index contributed by atoms with van der Waals surface area (Å²) in [5.74, 6) is 3.01. The van der Waals surface area contributed by atoms with Crippen LogP contribution >= 0.6 is 0 Å². The van der Waals surface area contributed by atoms with E-state index in [1.54, 1.807) is 0 Å². The van der Waals surface area contributed by atoms with Gasteiger partial charge in [-0.05, 0) is 79.7 Å². The Balaban J connectivity index is 1.09. The fourth-order valence-corrected chi connectivity index (χ4v) is 7.90. The van der Waals surface area contributed by atoms with Crippen molar-refractivity contribution in [3.63, 3.8) is 0 Å². The van der Waals surface area contributed by atoms with Crippen LogP contribution < -0.4 is 14.2 Å². The van der Waals surface area contributed by atoms with E-state index in [0.717, 1.165) is 94.1 Å². The molecule has 0 unspecified atom stereocenters. The quantitative estimate of drug-likeness (QED) is 0.0951. The molecule has 0 spiro atoms. The van der Waals surface area contributed by atoms with Crippen LogP contribution in [-0.2, 0) is 18.0 Å². The molecule has 6 heteroatoms. The Bertz CT molecular complexity index is 2750. The van der Waals surface area contributed by atoms with Crippen molar-refractivity contribution in [3.05, 3.63) is 191 Å². The predicted molar refractivity (Wildman–Crippen MR) is 239 cm³/mol. The maximum atomic E-state index is 9.71. The summed E-state index contributed by atoms with van der Waals surface area (Å²) in [7, 11) is 0. The molecule has 296 valence electrons. The molecule has 0 atom stereocenters. The van der Waals surface area contributed by atoms with Crippen molar-refractivity contribution in [2.45, 2.75) is 33.5 Å². The lowest BCUT2D eigenvalue weighted by Crippen LogP contribution is -2.06. The molecule has 8 aromatic rings. The third kappa shape index (κ3) is 8.37. The predicted octanol–water partition coefficient (Wildman–Crippen LogP) is 11.8. The Hall–Kier alpha value is -6.60. The van der Waals surface area contributed by atoms with Crippen molar-refractivity contribution in [1.82, 2.24) is 0 Å². The Labute approximate surface area is 345 Å². The second-order valence-electron chi connectivity index (χ2n) is 14.5. The van der Waals surface area contributed by atoms with E-state index in [4.69, 9.17) is 18.9 Å². The lowest BCUT2D eigenvalue weighted by atomic mass is 9.88. The third-order valence-corrected chi connectivity index (χ3v) is 10.7. The van der Waals surface area contributed by atoms with Gasteiger partial charge in [0.1, 0.15) is 49.4 Å². The number of benzene rings is 8. The maximum absolute atomic E-state index is 9.71. The SMILES string of the molecule is CC/C(OCCO)=C(\c1ccccc1C)c1c(OCc2ccc(COc3ccc4ccccc4c3-c3c(OCCO)ccc4ccccc34)cc2)ccc2ccccc12. The van der Waals surface area contributed by atoms with Crippen LogP contribution in [0.5, 0.6) is 17.2 Å². The number of rotatable bonds is 16. The lowest BCUT2D eigenvalue weighted by molar-refractivity contribution is 0.142. The number of ether oxygens (including phenoxy) is 4. The molecule has 0 saturated heterocycles. The molecule has 0 bridgehead atoms. The average Bonchev–Trinajstić information content (AvgIpc) is 3.28. The molecule has 0 aliphatic carbocycles. The van der Waals surface area contributed by atoms with Crippen molar-refractivity contribution >= 4 is 37.9 Å². The Morgan fingerprint density at radius 1 is 0.475 bits per heavy atom. The summed E-state index contributed by atoms with van der Waals surface area (Å²) in [6.45, 7) is 5.16. The highest BCUT2D eigenvalue weighted by Gasteiger charge is 2.22. The van der Waals surface area contributed by atoms with E-state index in [9.17, 15) is 10.2 Å². The smallest absolute Gasteiger partial charge is 0.128 e. The minimum absolute atomic E-state index is 0.0700. The molecule has 8 rings (SSSR count). The van der Waals surface area contributed by atoms with Crippen LogP contribution in [-0.4, -0.2) is 36.6 Å². The molecule has 0 fully saturated rings. The highest BCUT2D eigenvalue weighted by atomic mass is 16.5. The number of hydrogen-bond acceptors (Lipinski definition) is 6. The van der Waals surface area contributed by atoms with Crippen LogP contribution in [0, 0.1) is 6.92 Å². The van der Waals surface area contributed by atoms with Gasteiger partial charge < -0.3 is 29.2 Å². The topological polar surface area (TPSA) is 77.4 Å². The average molecular weight is 781 g/mol. The first-order valence-electron chi connectivity index (χ1n) is 20.2. The summed E-state index contributed by atoms with van der Waals surface area (Å²) in [5, 5.41) is 25.8. The van der Waals surface area contributed by atoms with Crippen molar-refractivity contribution in [2.24, 2.45) is 0 Å². The van der Waals surface area contributed by atoms with Gasteiger partial charge in [-0.1, -0.05) is 146 Å². The molecule has 8 aromatic carbocycles. The van der Waals surface area contributed by atoms with E-state index in [2.05, 4.69) is 117 Å². The molecular weight excluding hydrogens is 733 g/mol. The molecule has 0 saturated carbocycles. The van der Waals surface area contributed by atoms with Crippen LogP contribution in [0.2, 0.25) is 0 Å². The van der Waals surface area contributed by atoms with Crippen LogP contribution in [0.15, 0.2) is 163 Å². The fourth-order valence-electron chi connectivity index (χ4n) is 7.90. The fraction of sp³-hybridized carbons (Fsp3) is 0.170. The van der Waals surface area contributed by atoms with Crippen molar-refractivity contribution in [2.75, 3.05) is 26.4 Å². The van der Waals surface area contributed by atoms with Crippen molar-refractivity contribution < 1.29 is 29.2 Å². The molecule has 0 heterocycles. The van der Waals surface area contributed by atoms with Gasteiger partial charge in [-0.25, -0.2) is 0 Å². The van der Waals surface area contributed by atoms with E-state index in [1.807, 2.05) is 54.6 Å². The second-order valence-corrected chi connectivity index (χ2v) is 14.5. The van der Waals surface area contributed by atoms with Crippen molar-refractivity contribution in [3.8, 4) is 28.4 Å². The molecule has 59 heavy (non-hydrogen) atoms. The summed E-state index contributed by atoms with van der Waals surface area (Å²) in [4.78, 5) is 0. The Morgan fingerprint density at radius 3 is 1.51 bits per heavy atom. The normalized spacial score (nSPS) is 11.8. The zero-order valence-electron chi connectivity index (χ0n) is 33.5. The van der Waals surface area contributed by atoms with Crippen LogP contribution in [0.1, 0.15) is 41.2 Å².